The average Bonchev–Trinajstić information content (AvgIpc) is 2.78. The van der Waals surface area contributed by atoms with Gasteiger partial charge in [0.05, 0.1) is 17.5 Å². The summed E-state index contributed by atoms with van der Waals surface area (Å²) in [7, 11) is -3.82. The van der Waals surface area contributed by atoms with Crippen molar-refractivity contribution in [2.75, 3.05) is 13.1 Å². The Morgan fingerprint density at radius 2 is 1.59 bits per heavy atom. The van der Waals surface area contributed by atoms with Gasteiger partial charge in [0.2, 0.25) is 15.9 Å². The molecule has 0 spiro atoms. The number of rotatable bonds is 9. The van der Waals surface area contributed by atoms with E-state index < -0.39 is 10.0 Å². The minimum Gasteiger partial charge on any atom is -0.348 e. The van der Waals surface area contributed by atoms with Gasteiger partial charge in [0, 0.05) is 11.0 Å². The fourth-order valence-electron chi connectivity index (χ4n) is 3.32. The molecule has 7 heteroatoms. The molecular formula is C25H27BrN2O3S. The highest BCUT2D eigenvalue weighted by molar-refractivity contribution is 9.10. The molecule has 0 saturated carbocycles. The lowest BCUT2D eigenvalue weighted by atomic mass is 10.1. The molecule has 3 aromatic rings. The van der Waals surface area contributed by atoms with Crippen molar-refractivity contribution in [3.63, 3.8) is 0 Å². The van der Waals surface area contributed by atoms with Gasteiger partial charge in [-0.25, -0.2) is 8.42 Å². The minimum absolute atomic E-state index is 0.185. The summed E-state index contributed by atoms with van der Waals surface area (Å²) in [6, 6.07) is 23.8. The van der Waals surface area contributed by atoms with E-state index in [0.717, 1.165) is 21.2 Å². The number of carbonyl (C=O) groups is 1. The minimum atomic E-state index is -3.82. The Kier molecular flexibility index (Phi) is 8.23. The van der Waals surface area contributed by atoms with Gasteiger partial charge in [0.25, 0.3) is 0 Å². The molecule has 0 aliphatic heterocycles. The fraction of sp³-hybridized carbons (Fsp3) is 0.240. The lowest BCUT2D eigenvalue weighted by Gasteiger charge is -2.23. The summed E-state index contributed by atoms with van der Waals surface area (Å²) >= 11 is 3.40. The number of amides is 1. The molecule has 0 saturated heterocycles. The maximum absolute atomic E-state index is 13.3. The van der Waals surface area contributed by atoms with Crippen LogP contribution in [0.25, 0.3) is 0 Å². The van der Waals surface area contributed by atoms with Crippen molar-refractivity contribution in [2.24, 2.45) is 0 Å². The first-order valence-corrected chi connectivity index (χ1v) is 12.6. The Balaban J connectivity index is 1.77. The van der Waals surface area contributed by atoms with Crippen molar-refractivity contribution in [1.29, 1.82) is 0 Å². The number of halogens is 1. The zero-order valence-corrected chi connectivity index (χ0v) is 20.6. The maximum atomic E-state index is 13.3. The topological polar surface area (TPSA) is 66.5 Å². The molecule has 32 heavy (non-hydrogen) atoms. The molecule has 1 unspecified atom stereocenters. The molecule has 0 bridgehead atoms. The standard InChI is InChI=1S/C25H27BrN2O3S/c1-19-8-14-24(15-9-19)32(30,31)28(17-16-21-6-4-3-5-7-21)18-25(29)27-20(2)22-10-12-23(26)13-11-22/h3-15,20H,16-18H2,1-2H3,(H,27,29). The second-order valence-corrected chi connectivity index (χ2v) is 10.6. The predicted molar refractivity (Wildman–Crippen MR) is 131 cm³/mol. The summed E-state index contributed by atoms with van der Waals surface area (Å²) < 4.78 is 28.9. The molecule has 3 aromatic carbocycles. The van der Waals surface area contributed by atoms with Crippen LogP contribution in [0.3, 0.4) is 0 Å². The van der Waals surface area contributed by atoms with Crippen LogP contribution in [0.4, 0.5) is 0 Å². The molecule has 1 N–H and O–H groups in total. The van der Waals surface area contributed by atoms with Crippen LogP contribution in [0.2, 0.25) is 0 Å². The van der Waals surface area contributed by atoms with Crippen LogP contribution < -0.4 is 5.32 Å². The molecule has 0 radical (unpaired) electrons. The van der Waals surface area contributed by atoms with Crippen molar-refractivity contribution in [2.45, 2.75) is 31.2 Å². The van der Waals surface area contributed by atoms with E-state index in [0.29, 0.717) is 6.42 Å². The first-order valence-electron chi connectivity index (χ1n) is 10.4. The molecule has 3 rings (SSSR count). The van der Waals surface area contributed by atoms with E-state index in [1.54, 1.807) is 24.3 Å². The number of aryl methyl sites for hydroxylation is 1. The Morgan fingerprint density at radius 1 is 0.969 bits per heavy atom. The first kappa shape index (κ1) is 24.2. The number of nitrogens with one attached hydrogen (secondary N) is 1. The van der Waals surface area contributed by atoms with Gasteiger partial charge in [-0.05, 0) is 55.7 Å². The summed E-state index contributed by atoms with van der Waals surface area (Å²) in [5.74, 6) is -0.343. The predicted octanol–water partition coefficient (Wildman–Crippen LogP) is 4.87. The van der Waals surface area contributed by atoms with Crippen LogP contribution in [-0.4, -0.2) is 31.7 Å². The second-order valence-electron chi connectivity index (χ2n) is 7.73. The average molecular weight is 515 g/mol. The van der Waals surface area contributed by atoms with Crippen LogP contribution in [-0.2, 0) is 21.2 Å². The Bertz CT molecular complexity index is 1130. The Labute approximate surface area is 198 Å². The van der Waals surface area contributed by atoms with Gasteiger partial charge in [-0.2, -0.15) is 4.31 Å². The Hall–Kier alpha value is -2.48. The molecule has 0 aliphatic carbocycles. The van der Waals surface area contributed by atoms with E-state index in [-0.39, 0.29) is 29.9 Å². The molecule has 0 aromatic heterocycles. The monoisotopic (exact) mass is 514 g/mol. The van der Waals surface area contributed by atoms with Gasteiger partial charge < -0.3 is 5.32 Å². The molecule has 0 aliphatic rings. The van der Waals surface area contributed by atoms with Crippen LogP contribution in [0, 0.1) is 6.92 Å². The summed E-state index contributed by atoms with van der Waals surface area (Å²) in [6.45, 7) is 3.74. The number of carbonyl (C=O) groups excluding carboxylic acids is 1. The van der Waals surface area contributed by atoms with Crippen molar-refractivity contribution < 1.29 is 13.2 Å². The Morgan fingerprint density at radius 3 is 2.22 bits per heavy atom. The quantitative estimate of drug-likeness (QED) is 0.442. The van der Waals surface area contributed by atoms with Crippen LogP contribution in [0.15, 0.2) is 88.2 Å². The molecule has 1 atom stereocenters. The van der Waals surface area contributed by atoms with E-state index in [1.807, 2.05) is 68.4 Å². The highest BCUT2D eigenvalue weighted by Gasteiger charge is 2.27. The highest BCUT2D eigenvalue weighted by atomic mass is 79.9. The third-order valence-corrected chi connectivity index (χ3v) is 7.61. The lowest BCUT2D eigenvalue weighted by Crippen LogP contribution is -2.42. The number of hydrogen-bond donors (Lipinski definition) is 1. The third kappa shape index (κ3) is 6.51. The number of nitrogens with zero attached hydrogens (tertiary/aromatic N) is 1. The van der Waals surface area contributed by atoms with E-state index in [2.05, 4.69) is 21.2 Å². The van der Waals surface area contributed by atoms with E-state index >= 15 is 0 Å². The highest BCUT2D eigenvalue weighted by Crippen LogP contribution is 2.19. The summed E-state index contributed by atoms with van der Waals surface area (Å²) in [4.78, 5) is 13.0. The SMILES string of the molecule is Cc1ccc(S(=O)(=O)N(CCc2ccccc2)CC(=O)NC(C)c2ccc(Br)cc2)cc1. The van der Waals surface area contributed by atoms with Crippen LogP contribution in [0.1, 0.15) is 29.7 Å². The van der Waals surface area contributed by atoms with Crippen molar-refractivity contribution >= 4 is 31.9 Å². The first-order chi connectivity index (χ1) is 15.3. The summed E-state index contributed by atoms with van der Waals surface area (Å²) in [6.07, 6.45) is 0.515. The maximum Gasteiger partial charge on any atom is 0.243 e. The molecular weight excluding hydrogens is 488 g/mol. The second kappa shape index (κ2) is 10.9. The normalized spacial score (nSPS) is 12.5. The van der Waals surface area contributed by atoms with Crippen LogP contribution >= 0.6 is 15.9 Å². The largest absolute Gasteiger partial charge is 0.348 e. The molecule has 0 fully saturated rings. The summed E-state index contributed by atoms with van der Waals surface area (Å²) in [5.41, 5.74) is 2.93. The van der Waals surface area contributed by atoms with E-state index in [1.165, 1.54) is 4.31 Å². The smallest absolute Gasteiger partial charge is 0.243 e. The fourth-order valence-corrected chi connectivity index (χ4v) is 4.99. The van der Waals surface area contributed by atoms with Gasteiger partial charge in [-0.15, -0.1) is 0 Å². The third-order valence-electron chi connectivity index (χ3n) is 5.22. The molecule has 0 heterocycles. The lowest BCUT2D eigenvalue weighted by molar-refractivity contribution is -0.121. The zero-order chi connectivity index (χ0) is 23.1. The van der Waals surface area contributed by atoms with Crippen molar-refractivity contribution in [3.8, 4) is 0 Å². The molecule has 5 nitrogen and oxygen atoms in total. The number of benzene rings is 3. The van der Waals surface area contributed by atoms with E-state index in [4.69, 9.17) is 0 Å². The van der Waals surface area contributed by atoms with Gasteiger partial charge >= 0.3 is 0 Å². The van der Waals surface area contributed by atoms with Crippen LogP contribution in [0.5, 0.6) is 0 Å². The van der Waals surface area contributed by atoms with Crippen molar-refractivity contribution in [1.82, 2.24) is 9.62 Å². The van der Waals surface area contributed by atoms with Gasteiger partial charge in [0.15, 0.2) is 0 Å². The van der Waals surface area contributed by atoms with Gasteiger partial charge in [-0.1, -0.05) is 76.1 Å². The van der Waals surface area contributed by atoms with Crippen molar-refractivity contribution in [3.05, 3.63) is 100 Å². The van der Waals surface area contributed by atoms with E-state index in [9.17, 15) is 13.2 Å². The number of hydrogen-bond acceptors (Lipinski definition) is 3. The van der Waals surface area contributed by atoms with Gasteiger partial charge in [-0.3, -0.25) is 4.79 Å². The summed E-state index contributed by atoms with van der Waals surface area (Å²) in [5, 5.41) is 2.92. The zero-order valence-electron chi connectivity index (χ0n) is 18.2. The molecule has 1 amide bonds. The van der Waals surface area contributed by atoms with Gasteiger partial charge in [0.1, 0.15) is 0 Å². The molecule has 168 valence electrons. The number of sulfonamides is 1.